The van der Waals surface area contributed by atoms with Crippen molar-refractivity contribution in [1.29, 1.82) is 0 Å². The van der Waals surface area contributed by atoms with Crippen molar-refractivity contribution >= 4 is 17.0 Å². The number of fused-ring (bicyclic) bond motifs is 2. The Hall–Kier alpha value is -1.66. The highest BCUT2D eigenvalue weighted by molar-refractivity contribution is 5.78. The zero-order chi connectivity index (χ0) is 14.4. The molecule has 2 atom stereocenters. The Morgan fingerprint density at radius 3 is 3.24 bits per heavy atom. The first-order chi connectivity index (χ1) is 10.2. The number of hydrogen-bond donors (Lipinski definition) is 1. The van der Waals surface area contributed by atoms with Gasteiger partial charge in [0.2, 0.25) is 5.95 Å². The van der Waals surface area contributed by atoms with E-state index < -0.39 is 0 Å². The molecule has 2 aliphatic rings. The van der Waals surface area contributed by atoms with Crippen LogP contribution in [0.5, 0.6) is 0 Å². The van der Waals surface area contributed by atoms with E-state index >= 15 is 0 Å². The first kappa shape index (κ1) is 13.0. The Morgan fingerprint density at radius 1 is 1.43 bits per heavy atom. The number of rotatable bonds is 2. The standard InChI is InChI=1S/C15H19FN4O/c16-10-3-4-13-14(6-10)20(15(17)18-13)8-12-7-19-5-1-2-11(19)9-21-12/h3-4,6,11-12H,1-2,5,7-9H2,(H2,17,18). The van der Waals surface area contributed by atoms with Crippen LogP contribution in [-0.4, -0.2) is 46.3 Å². The van der Waals surface area contributed by atoms with Crippen molar-refractivity contribution in [2.45, 2.75) is 31.5 Å². The van der Waals surface area contributed by atoms with Crippen LogP contribution >= 0.6 is 0 Å². The molecule has 1 aromatic carbocycles. The number of morpholine rings is 1. The smallest absolute Gasteiger partial charge is 0.201 e. The van der Waals surface area contributed by atoms with E-state index in [0.717, 1.165) is 30.7 Å². The quantitative estimate of drug-likeness (QED) is 0.913. The van der Waals surface area contributed by atoms with E-state index in [1.165, 1.54) is 25.0 Å². The SMILES string of the molecule is Nc1nc2ccc(F)cc2n1CC1CN2CCCC2CO1. The highest BCUT2D eigenvalue weighted by Crippen LogP contribution is 2.25. The summed E-state index contributed by atoms with van der Waals surface area (Å²) in [5.74, 6) is 0.149. The number of hydrogen-bond acceptors (Lipinski definition) is 4. The number of anilines is 1. The number of benzene rings is 1. The first-order valence-electron chi connectivity index (χ1n) is 7.47. The Labute approximate surface area is 122 Å². The van der Waals surface area contributed by atoms with Crippen LogP contribution in [0.4, 0.5) is 10.3 Å². The largest absolute Gasteiger partial charge is 0.373 e. The van der Waals surface area contributed by atoms with Crippen LogP contribution in [0.2, 0.25) is 0 Å². The van der Waals surface area contributed by atoms with Gasteiger partial charge in [-0.2, -0.15) is 0 Å². The van der Waals surface area contributed by atoms with Crippen LogP contribution < -0.4 is 5.73 Å². The topological polar surface area (TPSA) is 56.3 Å². The Kier molecular flexibility index (Phi) is 3.08. The van der Waals surface area contributed by atoms with Crippen molar-refractivity contribution in [3.8, 4) is 0 Å². The minimum absolute atomic E-state index is 0.0855. The summed E-state index contributed by atoms with van der Waals surface area (Å²) in [5, 5.41) is 0. The minimum Gasteiger partial charge on any atom is -0.373 e. The van der Waals surface area contributed by atoms with Crippen molar-refractivity contribution in [3.63, 3.8) is 0 Å². The van der Waals surface area contributed by atoms with Gasteiger partial charge in [-0.1, -0.05) is 0 Å². The molecule has 0 bridgehead atoms. The molecule has 2 fully saturated rings. The van der Waals surface area contributed by atoms with Gasteiger partial charge in [-0.05, 0) is 37.6 Å². The minimum atomic E-state index is -0.271. The monoisotopic (exact) mass is 290 g/mol. The molecule has 1 aromatic heterocycles. The lowest BCUT2D eigenvalue weighted by molar-refractivity contribution is -0.0545. The molecule has 112 valence electrons. The summed E-state index contributed by atoms with van der Waals surface area (Å²) >= 11 is 0. The first-order valence-corrected chi connectivity index (χ1v) is 7.47. The van der Waals surface area contributed by atoms with Gasteiger partial charge in [0.05, 0.1) is 30.3 Å². The fraction of sp³-hybridized carbons (Fsp3) is 0.533. The van der Waals surface area contributed by atoms with Crippen LogP contribution in [0.3, 0.4) is 0 Å². The second-order valence-electron chi connectivity index (χ2n) is 5.96. The van der Waals surface area contributed by atoms with E-state index in [0.29, 0.717) is 18.5 Å². The van der Waals surface area contributed by atoms with Gasteiger partial charge in [0.1, 0.15) is 5.82 Å². The molecule has 6 heteroatoms. The van der Waals surface area contributed by atoms with E-state index in [2.05, 4.69) is 9.88 Å². The third kappa shape index (κ3) is 2.28. The molecule has 0 radical (unpaired) electrons. The number of halogens is 1. The molecule has 0 spiro atoms. The molecule has 5 nitrogen and oxygen atoms in total. The van der Waals surface area contributed by atoms with E-state index in [9.17, 15) is 4.39 Å². The molecule has 4 rings (SSSR count). The fourth-order valence-corrected chi connectivity index (χ4v) is 3.51. The van der Waals surface area contributed by atoms with Crippen molar-refractivity contribution in [2.75, 3.05) is 25.4 Å². The van der Waals surface area contributed by atoms with Gasteiger partial charge < -0.3 is 15.0 Å². The number of ether oxygens (including phenoxy) is 1. The summed E-state index contributed by atoms with van der Waals surface area (Å²) in [5.41, 5.74) is 7.45. The van der Waals surface area contributed by atoms with E-state index in [1.54, 1.807) is 6.07 Å². The molecular formula is C15H19FN4O. The maximum Gasteiger partial charge on any atom is 0.201 e. The molecule has 2 aliphatic heterocycles. The van der Waals surface area contributed by atoms with Crippen LogP contribution in [-0.2, 0) is 11.3 Å². The van der Waals surface area contributed by atoms with Gasteiger partial charge in [-0.15, -0.1) is 0 Å². The summed E-state index contributed by atoms with van der Waals surface area (Å²) in [4.78, 5) is 6.78. The Balaban J connectivity index is 1.59. The van der Waals surface area contributed by atoms with Crippen molar-refractivity contribution in [1.82, 2.24) is 14.5 Å². The van der Waals surface area contributed by atoms with Gasteiger partial charge >= 0.3 is 0 Å². The highest BCUT2D eigenvalue weighted by Gasteiger charge is 2.32. The predicted octanol–water partition coefficient (Wildman–Crippen LogP) is 1.62. The second-order valence-corrected chi connectivity index (χ2v) is 5.96. The summed E-state index contributed by atoms with van der Waals surface area (Å²) < 4.78 is 21.3. The highest BCUT2D eigenvalue weighted by atomic mass is 19.1. The average Bonchev–Trinajstić information content (AvgIpc) is 3.04. The van der Waals surface area contributed by atoms with E-state index in [4.69, 9.17) is 10.5 Å². The maximum atomic E-state index is 13.5. The Bertz CT molecular complexity index is 671. The van der Waals surface area contributed by atoms with Gasteiger partial charge in [0, 0.05) is 12.6 Å². The number of nitrogens with two attached hydrogens (primary N) is 1. The van der Waals surface area contributed by atoms with Gasteiger partial charge in [-0.3, -0.25) is 4.90 Å². The normalized spacial score (nSPS) is 26.3. The molecule has 0 aliphatic carbocycles. The van der Waals surface area contributed by atoms with Crippen LogP contribution in [0, 0.1) is 5.82 Å². The van der Waals surface area contributed by atoms with Gasteiger partial charge in [-0.25, -0.2) is 9.37 Å². The second kappa shape index (κ2) is 4.96. The molecule has 0 amide bonds. The number of nitrogens with zero attached hydrogens (tertiary/aromatic N) is 3. The number of nitrogen functional groups attached to an aromatic ring is 1. The summed E-state index contributed by atoms with van der Waals surface area (Å²) in [6.07, 6.45) is 2.57. The number of aromatic nitrogens is 2. The molecule has 2 aromatic rings. The summed E-state index contributed by atoms with van der Waals surface area (Å²) in [6, 6.07) is 5.14. The molecule has 2 N–H and O–H groups in total. The van der Waals surface area contributed by atoms with E-state index in [-0.39, 0.29) is 11.9 Å². The van der Waals surface area contributed by atoms with Gasteiger partial charge in [0.25, 0.3) is 0 Å². The summed E-state index contributed by atoms with van der Waals surface area (Å²) in [7, 11) is 0. The van der Waals surface area contributed by atoms with Gasteiger partial charge in [0.15, 0.2) is 0 Å². The van der Waals surface area contributed by atoms with Crippen LogP contribution in [0.25, 0.3) is 11.0 Å². The fourth-order valence-electron chi connectivity index (χ4n) is 3.51. The Morgan fingerprint density at radius 2 is 2.33 bits per heavy atom. The molecule has 2 saturated heterocycles. The summed E-state index contributed by atoms with van der Waals surface area (Å²) in [6.45, 7) is 3.47. The third-order valence-corrected chi connectivity index (χ3v) is 4.59. The van der Waals surface area contributed by atoms with Crippen molar-refractivity contribution < 1.29 is 9.13 Å². The zero-order valence-electron chi connectivity index (χ0n) is 11.8. The van der Waals surface area contributed by atoms with Crippen LogP contribution in [0.15, 0.2) is 18.2 Å². The third-order valence-electron chi connectivity index (χ3n) is 4.59. The molecule has 21 heavy (non-hydrogen) atoms. The van der Waals surface area contributed by atoms with E-state index in [1.807, 2.05) is 4.57 Å². The molecule has 2 unspecified atom stereocenters. The molecule has 3 heterocycles. The lowest BCUT2D eigenvalue weighted by Crippen LogP contribution is -2.47. The average molecular weight is 290 g/mol. The zero-order valence-corrected chi connectivity index (χ0v) is 11.8. The lowest BCUT2D eigenvalue weighted by atomic mass is 10.2. The van der Waals surface area contributed by atoms with Crippen molar-refractivity contribution in [3.05, 3.63) is 24.0 Å². The molecular weight excluding hydrogens is 271 g/mol. The lowest BCUT2D eigenvalue weighted by Gasteiger charge is -2.35. The maximum absolute atomic E-state index is 13.5. The van der Waals surface area contributed by atoms with Crippen molar-refractivity contribution in [2.24, 2.45) is 0 Å². The van der Waals surface area contributed by atoms with Crippen LogP contribution in [0.1, 0.15) is 12.8 Å². The predicted molar refractivity (Wildman–Crippen MR) is 78.4 cm³/mol. The molecule has 0 saturated carbocycles. The number of imidazole rings is 1.